The molecule has 1 aliphatic rings. The van der Waals surface area contributed by atoms with Crippen molar-refractivity contribution >= 4 is 22.6 Å². The van der Waals surface area contributed by atoms with Gasteiger partial charge in [0.2, 0.25) is 0 Å². The van der Waals surface area contributed by atoms with Gasteiger partial charge >= 0.3 is 5.97 Å². The number of rotatable bonds is 5. The third-order valence-corrected chi connectivity index (χ3v) is 5.10. The molecule has 4 heteroatoms. The fraction of sp³-hybridized carbons (Fsp3) is 0.429. The van der Waals surface area contributed by atoms with Gasteiger partial charge in [0.05, 0.1) is 7.11 Å². The smallest absolute Gasteiger partial charge is 0.328 e. The van der Waals surface area contributed by atoms with Crippen molar-refractivity contribution in [3.63, 3.8) is 0 Å². The van der Waals surface area contributed by atoms with Gasteiger partial charge in [-0.2, -0.15) is 0 Å². The summed E-state index contributed by atoms with van der Waals surface area (Å²) in [4.78, 5) is 24.8. The monoisotopic (exact) mass is 339 g/mol. The third-order valence-electron chi connectivity index (χ3n) is 5.10. The minimum atomic E-state index is -0.577. The maximum atomic E-state index is 12.6. The van der Waals surface area contributed by atoms with E-state index in [1.807, 2.05) is 36.4 Å². The molecule has 1 saturated carbocycles. The quantitative estimate of drug-likeness (QED) is 0.835. The number of esters is 1. The lowest BCUT2D eigenvalue weighted by Gasteiger charge is -2.25. The summed E-state index contributed by atoms with van der Waals surface area (Å²) in [6.45, 7) is 0. The van der Waals surface area contributed by atoms with Crippen molar-refractivity contribution in [3.8, 4) is 0 Å². The van der Waals surface area contributed by atoms with Crippen LogP contribution in [-0.4, -0.2) is 25.0 Å². The summed E-state index contributed by atoms with van der Waals surface area (Å²) in [6.07, 6.45) is 6.59. The molecule has 1 fully saturated rings. The molecular formula is C21H25NO3. The Kier molecular flexibility index (Phi) is 5.69. The molecule has 1 amide bonds. The van der Waals surface area contributed by atoms with Crippen LogP contribution >= 0.6 is 0 Å². The average Bonchev–Trinajstić information content (AvgIpc) is 2.67. The molecule has 0 radical (unpaired) electrons. The Bertz CT molecular complexity index is 750. The Morgan fingerprint density at radius 2 is 1.80 bits per heavy atom. The highest BCUT2D eigenvalue weighted by atomic mass is 16.5. The van der Waals surface area contributed by atoms with Gasteiger partial charge in [0.25, 0.3) is 5.91 Å². The number of ether oxygens (including phenoxy) is 1. The molecule has 0 saturated heterocycles. The highest BCUT2D eigenvalue weighted by Gasteiger charge is 2.26. The zero-order valence-corrected chi connectivity index (χ0v) is 14.7. The second kappa shape index (κ2) is 8.15. The van der Waals surface area contributed by atoms with Gasteiger partial charge in [0.1, 0.15) is 6.04 Å². The first kappa shape index (κ1) is 17.5. The van der Waals surface area contributed by atoms with Crippen LogP contribution < -0.4 is 5.32 Å². The van der Waals surface area contributed by atoms with E-state index in [-0.39, 0.29) is 11.9 Å². The Balaban J connectivity index is 1.72. The van der Waals surface area contributed by atoms with Crippen LogP contribution in [0.15, 0.2) is 42.5 Å². The lowest BCUT2D eigenvalue weighted by molar-refractivity contribution is -0.143. The van der Waals surface area contributed by atoms with E-state index in [1.165, 1.54) is 26.4 Å². The first-order valence-corrected chi connectivity index (χ1v) is 9.05. The lowest BCUT2D eigenvalue weighted by Crippen LogP contribution is -2.43. The minimum Gasteiger partial charge on any atom is -0.467 e. The minimum absolute atomic E-state index is 0.225. The van der Waals surface area contributed by atoms with Crippen LogP contribution in [0.2, 0.25) is 0 Å². The van der Waals surface area contributed by atoms with Gasteiger partial charge in [-0.05, 0) is 35.2 Å². The second-order valence-corrected chi connectivity index (χ2v) is 6.85. The van der Waals surface area contributed by atoms with Crippen LogP contribution in [0.3, 0.4) is 0 Å². The molecule has 1 aliphatic carbocycles. The first-order valence-electron chi connectivity index (χ1n) is 9.05. The van der Waals surface area contributed by atoms with Crippen molar-refractivity contribution < 1.29 is 14.3 Å². The number of carbonyl (C=O) groups is 2. The Morgan fingerprint density at radius 3 is 2.52 bits per heavy atom. The summed E-state index contributed by atoms with van der Waals surface area (Å²) in [6, 6.07) is 12.9. The molecule has 2 aromatic carbocycles. The number of methoxy groups -OCH3 is 1. The summed E-state index contributed by atoms with van der Waals surface area (Å²) >= 11 is 0. The van der Waals surface area contributed by atoms with Gasteiger partial charge in [-0.1, -0.05) is 62.4 Å². The average molecular weight is 339 g/mol. The molecule has 2 aromatic rings. The molecule has 0 bridgehead atoms. The number of nitrogens with one attached hydrogen (secondary N) is 1. The van der Waals surface area contributed by atoms with E-state index in [0.29, 0.717) is 17.9 Å². The fourth-order valence-corrected chi connectivity index (χ4v) is 3.68. The zero-order chi connectivity index (χ0) is 17.6. The maximum absolute atomic E-state index is 12.6. The predicted octanol–water partition coefficient (Wildman–Crippen LogP) is 4.08. The summed E-state index contributed by atoms with van der Waals surface area (Å²) in [5, 5.41) is 4.98. The van der Waals surface area contributed by atoms with Gasteiger partial charge in [0.15, 0.2) is 0 Å². The Morgan fingerprint density at radius 1 is 1.08 bits per heavy atom. The molecule has 132 valence electrons. The highest BCUT2D eigenvalue weighted by molar-refractivity contribution is 6.00. The Hall–Kier alpha value is -2.36. The first-order chi connectivity index (χ1) is 12.2. The van der Waals surface area contributed by atoms with Crippen molar-refractivity contribution in [2.75, 3.05) is 7.11 Å². The van der Waals surface area contributed by atoms with Crippen molar-refractivity contribution in [1.29, 1.82) is 0 Å². The number of amides is 1. The van der Waals surface area contributed by atoms with Crippen LogP contribution in [0.1, 0.15) is 48.9 Å². The maximum Gasteiger partial charge on any atom is 0.328 e. The molecule has 3 rings (SSSR count). The normalized spacial score (nSPS) is 16.4. The van der Waals surface area contributed by atoms with Crippen LogP contribution in [-0.2, 0) is 9.53 Å². The van der Waals surface area contributed by atoms with E-state index in [2.05, 4.69) is 5.32 Å². The topological polar surface area (TPSA) is 55.4 Å². The van der Waals surface area contributed by atoms with E-state index in [4.69, 9.17) is 4.74 Å². The molecule has 0 aromatic heterocycles. The molecule has 1 atom stereocenters. The summed E-state index contributed by atoms with van der Waals surface area (Å²) < 4.78 is 4.91. The van der Waals surface area contributed by atoms with E-state index in [0.717, 1.165) is 23.6 Å². The van der Waals surface area contributed by atoms with Crippen molar-refractivity contribution in [2.45, 2.75) is 44.6 Å². The van der Waals surface area contributed by atoms with Crippen LogP contribution in [0.5, 0.6) is 0 Å². The second-order valence-electron chi connectivity index (χ2n) is 6.85. The van der Waals surface area contributed by atoms with Crippen molar-refractivity contribution in [3.05, 3.63) is 48.0 Å². The van der Waals surface area contributed by atoms with E-state index in [1.54, 1.807) is 6.07 Å². The third kappa shape index (κ3) is 4.38. The van der Waals surface area contributed by atoms with Crippen LogP contribution in [0.25, 0.3) is 10.8 Å². The molecule has 25 heavy (non-hydrogen) atoms. The fourth-order valence-electron chi connectivity index (χ4n) is 3.68. The number of fused-ring (bicyclic) bond motifs is 1. The highest BCUT2D eigenvalue weighted by Crippen LogP contribution is 2.27. The molecule has 0 spiro atoms. The van der Waals surface area contributed by atoms with Crippen molar-refractivity contribution in [1.82, 2.24) is 5.32 Å². The molecule has 0 unspecified atom stereocenters. The zero-order valence-electron chi connectivity index (χ0n) is 14.7. The van der Waals surface area contributed by atoms with Gasteiger partial charge < -0.3 is 10.1 Å². The standard InChI is InChI=1S/C21H25NO3/c1-25-21(24)19(13-15-7-3-2-4-8-15)22-20(23)18-12-11-16-9-5-6-10-17(16)14-18/h5-6,9-12,14-15,19H,2-4,7-8,13H2,1H3,(H,22,23)/t19-/m1/s1. The summed E-state index contributed by atoms with van der Waals surface area (Å²) in [5.74, 6) is -0.105. The summed E-state index contributed by atoms with van der Waals surface area (Å²) in [7, 11) is 1.37. The molecular weight excluding hydrogens is 314 g/mol. The largest absolute Gasteiger partial charge is 0.467 e. The van der Waals surface area contributed by atoms with Gasteiger partial charge in [-0.15, -0.1) is 0 Å². The predicted molar refractivity (Wildman–Crippen MR) is 98.4 cm³/mol. The van der Waals surface area contributed by atoms with E-state index < -0.39 is 6.04 Å². The Labute approximate surface area is 148 Å². The SMILES string of the molecule is COC(=O)[C@@H](CC1CCCCC1)NC(=O)c1ccc2ccccc2c1. The van der Waals surface area contributed by atoms with Gasteiger partial charge in [-0.25, -0.2) is 4.79 Å². The molecule has 0 heterocycles. The van der Waals surface area contributed by atoms with Gasteiger partial charge in [-0.3, -0.25) is 4.79 Å². The number of carbonyl (C=O) groups excluding carboxylic acids is 2. The number of benzene rings is 2. The van der Waals surface area contributed by atoms with E-state index >= 15 is 0 Å². The number of hydrogen-bond donors (Lipinski definition) is 1. The van der Waals surface area contributed by atoms with Crippen LogP contribution in [0, 0.1) is 5.92 Å². The van der Waals surface area contributed by atoms with Crippen molar-refractivity contribution in [2.24, 2.45) is 5.92 Å². The van der Waals surface area contributed by atoms with Crippen LogP contribution in [0.4, 0.5) is 0 Å². The lowest BCUT2D eigenvalue weighted by atomic mass is 9.84. The van der Waals surface area contributed by atoms with Gasteiger partial charge in [0, 0.05) is 5.56 Å². The number of hydrogen-bond acceptors (Lipinski definition) is 3. The molecule has 1 N–H and O–H groups in total. The molecule has 4 nitrogen and oxygen atoms in total. The summed E-state index contributed by atoms with van der Waals surface area (Å²) in [5.41, 5.74) is 0.566. The van der Waals surface area contributed by atoms with E-state index in [9.17, 15) is 9.59 Å². The molecule has 0 aliphatic heterocycles.